The molecule has 0 aliphatic carbocycles. The summed E-state index contributed by atoms with van der Waals surface area (Å²) < 4.78 is 0.585. The number of pyridine rings is 2. The van der Waals surface area contributed by atoms with Gasteiger partial charge < -0.3 is 10.2 Å². The van der Waals surface area contributed by atoms with Gasteiger partial charge in [-0.2, -0.15) is 0 Å². The number of hydrogen-bond acceptors (Lipinski definition) is 4. The van der Waals surface area contributed by atoms with Gasteiger partial charge >= 0.3 is 0 Å². The van der Waals surface area contributed by atoms with E-state index in [2.05, 4.69) is 31.8 Å². The number of aliphatic hydroxyl groups excluding tert-OH is 2. The molecule has 2 aromatic heterocycles. The Morgan fingerprint density at radius 2 is 1.58 bits per heavy atom. The van der Waals surface area contributed by atoms with Crippen LogP contribution in [0.5, 0.6) is 0 Å². The van der Waals surface area contributed by atoms with Crippen molar-refractivity contribution in [2.24, 2.45) is 0 Å². The van der Waals surface area contributed by atoms with Gasteiger partial charge in [-0.1, -0.05) is 18.1 Å². The van der Waals surface area contributed by atoms with Gasteiger partial charge in [-0.05, 0) is 40.2 Å². The second kappa shape index (κ2) is 5.93. The average molecular weight is 319 g/mol. The molecule has 0 fully saturated rings. The quantitative estimate of drug-likeness (QED) is 0.671. The van der Waals surface area contributed by atoms with Crippen molar-refractivity contribution >= 4 is 15.9 Å². The Morgan fingerprint density at radius 3 is 2.16 bits per heavy atom. The molecular weight excluding hydrogens is 308 g/mol. The van der Waals surface area contributed by atoms with Crippen LogP contribution in [0.2, 0.25) is 0 Å². The van der Waals surface area contributed by atoms with Crippen molar-refractivity contribution in [1.82, 2.24) is 9.97 Å². The minimum Gasteiger partial charge on any atom is -0.384 e. The van der Waals surface area contributed by atoms with Crippen LogP contribution in [0, 0.1) is 12.3 Å². The van der Waals surface area contributed by atoms with Gasteiger partial charge in [0, 0.05) is 0 Å². The van der Waals surface area contributed by atoms with E-state index in [1.165, 1.54) is 0 Å². The lowest BCUT2D eigenvalue weighted by Gasteiger charge is -2.17. The number of aliphatic hydroxyl groups is 2. The zero-order chi connectivity index (χ0) is 13.8. The summed E-state index contributed by atoms with van der Waals surface area (Å²) in [7, 11) is 0. The molecule has 2 rings (SSSR count). The van der Waals surface area contributed by atoms with Crippen molar-refractivity contribution in [2.75, 3.05) is 0 Å². The van der Waals surface area contributed by atoms with E-state index in [1.807, 2.05) is 0 Å². The van der Waals surface area contributed by atoms with E-state index in [9.17, 15) is 10.2 Å². The molecule has 2 atom stereocenters. The first kappa shape index (κ1) is 13.7. The van der Waals surface area contributed by atoms with E-state index in [0.29, 0.717) is 21.7 Å². The molecule has 2 N–H and O–H groups in total. The molecule has 2 aromatic rings. The van der Waals surface area contributed by atoms with Gasteiger partial charge in [0.05, 0.1) is 11.4 Å². The molecule has 96 valence electrons. The highest BCUT2D eigenvalue weighted by Crippen LogP contribution is 2.27. The molecule has 0 radical (unpaired) electrons. The second-order valence-corrected chi connectivity index (χ2v) is 4.68. The summed E-state index contributed by atoms with van der Waals surface area (Å²) in [5, 5.41) is 20.2. The SMILES string of the molecule is C#Cc1cccc(C(O)C(O)c2cccc(Br)n2)n1. The van der Waals surface area contributed by atoms with Crippen molar-refractivity contribution in [1.29, 1.82) is 0 Å². The number of hydrogen-bond donors (Lipinski definition) is 2. The fraction of sp³-hybridized carbons (Fsp3) is 0.143. The highest BCUT2D eigenvalue weighted by Gasteiger charge is 2.22. The van der Waals surface area contributed by atoms with Crippen LogP contribution in [-0.4, -0.2) is 20.2 Å². The van der Waals surface area contributed by atoms with Crippen LogP contribution < -0.4 is 0 Å². The summed E-state index contributed by atoms with van der Waals surface area (Å²) in [5.74, 6) is 2.38. The Balaban J connectivity index is 2.28. The Labute approximate surface area is 119 Å². The van der Waals surface area contributed by atoms with E-state index in [1.54, 1.807) is 36.4 Å². The predicted octanol–water partition coefficient (Wildman–Crippen LogP) is 1.99. The molecule has 2 unspecified atom stereocenters. The number of nitrogens with zero attached hydrogens (tertiary/aromatic N) is 2. The van der Waals surface area contributed by atoms with E-state index in [4.69, 9.17) is 6.42 Å². The van der Waals surface area contributed by atoms with Crippen LogP contribution >= 0.6 is 15.9 Å². The fourth-order valence-electron chi connectivity index (χ4n) is 1.61. The van der Waals surface area contributed by atoms with Crippen molar-refractivity contribution < 1.29 is 10.2 Å². The van der Waals surface area contributed by atoms with Crippen LogP contribution in [0.15, 0.2) is 41.0 Å². The monoisotopic (exact) mass is 318 g/mol. The molecule has 0 aliphatic rings. The molecular formula is C14H11BrN2O2. The summed E-state index contributed by atoms with van der Waals surface area (Å²) >= 11 is 3.21. The maximum atomic E-state index is 10.1. The lowest BCUT2D eigenvalue weighted by Crippen LogP contribution is -2.13. The third-order valence-corrected chi connectivity index (χ3v) is 3.00. The molecule has 0 saturated carbocycles. The lowest BCUT2D eigenvalue weighted by atomic mass is 10.1. The minimum atomic E-state index is -1.19. The van der Waals surface area contributed by atoms with Gasteiger partial charge in [-0.3, -0.25) is 0 Å². The van der Waals surface area contributed by atoms with Gasteiger partial charge in [0.25, 0.3) is 0 Å². The standard InChI is InChI=1S/C14H11BrN2O2/c1-2-9-5-3-6-10(16-9)13(18)14(19)11-7-4-8-12(15)17-11/h1,3-8,13-14,18-19H. The van der Waals surface area contributed by atoms with E-state index in [0.717, 1.165) is 0 Å². The number of aromatic nitrogens is 2. The molecule has 5 heteroatoms. The van der Waals surface area contributed by atoms with Crippen molar-refractivity contribution in [3.8, 4) is 12.3 Å². The largest absolute Gasteiger partial charge is 0.384 e. The first-order valence-electron chi connectivity index (χ1n) is 5.54. The summed E-state index contributed by atoms with van der Waals surface area (Å²) in [6.45, 7) is 0. The van der Waals surface area contributed by atoms with Gasteiger partial charge in [0.2, 0.25) is 0 Å². The number of halogens is 1. The summed E-state index contributed by atoms with van der Waals surface area (Å²) in [6, 6.07) is 10.0. The molecule has 19 heavy (non-hydrogen) atoms. The van der Waals surface area contributed by atoms with Crippen molar-refractivity contribution in [3.63, 3.8) is 0 Å². The van der Waals surface area contributed by atoms with Gasteiger partial charge in [0.1, 0.15) is 22.5 Å². The molecule has 2 heterocycles. The molecule has 0 saturated heterocycles. The highest BCUT2D eigenvalue weighted by molar-refractivity contribution is 9.10. The van der Waals surface area contributed by atoms with E-state index >= 15 is 0 Å². The van der Waals surface area contributed by atoms with Gasteiger partial charge in [-0.25, -0.2) is 9.97 Å². The average Bonchev–Trinajstić information content (AvgIpc) is 2.45. The molecule has 0 bridgehead atoms. The number of terminal acetylenes is 1. The summed E-state index contributed by atoms with van der Waals surface area (Å²) in [4.78, 5) is 8.18. The zero-order valence-electron chi connectivity index (χ0n) is 9.86. The second-order valence-electron chi connectivity index (χ2n) is 3.87. The van der Waals surface area contributed by atoms with Crippen molar-refractivity contribution in [3.05, 3.63) is 58.1 Å². The van der Waals surface area contributed by atoms with Gasteiger partial charge in [0.15, 0.2) is 0 Å². The van der Waals surface area contributed by atoms with Gasteiger partial charge in [-0.15, -0.1) is 6.42 Å². The lowest BCUT2D eigenvalue weighted by molar-refractivity contribution is 0.0119. The third-order valence-electron chi connectivity index (χ3n) is 2.56. The van der Waals surface area contributed by atoms with E-state index < -0.39 is 12.2 Å². The van der Waals surface area contributed by atoms with Crippen LogP contribution in [0.1, 0.15) is 29.3 Å². The van der Waals surface area contributed by atoms with Crippen LogP contribution in [0.25, 0.3) is 0 Å². The first-order chi connectivity index (χ1) is 9.11. The summed E-state index contributed by atoms with van der Waals surface area (Å²) in [5.41, 5.74) is 1.07. The Bertz CT molecular complexity index is 625. The normalized spacial score (nSPS) is 13.6. The Hall–Kier alpha value is -1.74. The third kappa shape index (κ3) is 3.18. The predicted molar refractivity (Wildman–Crippen MR) is 74.0 cm³/mol. The maximum absolute atomic E-state index is 10.1. The summed E-state index contributed by atoms with van der Waals surface area (Å²) in [6.07, 6.45) is 2.90. The fourth-order valence-corrected chi connectivity index (χ4v) is 1.97. The van der Waals surface area contributed by atoms with Crippen LogP contribution in [0.4, 0.5) is 0 Å². The zero-order valence-corrected chi connectivity index (χ0v) is 11.4. The molecule has 0 spiro atoms. The first-order valence-corrected chi connectivity index (χ1v) is 6.33. The van der Waals surface area contributed by atoms with Crippen LogP contribution in [0.3, 0.4) is 0 Å². The topological polar surface area (TPSA) is 66.2 Å². The van der Waals surface area contributed by atoms with Crippen molar-refractivity contribution in [2.45, 2.75) is 12.2 Å². The Kier molecular flexibility index (Phi) is 4.27. The molecule has 0 amide bonds. The maximum Gasteiger partial charge on any atom is 0.127 e. The molecule has 4 nitrogen and oxygen atoms in total. The molecule has 0 aromatic carbocycles. The molecule has 0 aliphatic heterocycles. The number of rotatable bonds is 3. The van der Waals surface area contributed by atoms with E-state index in [-0.39, 0.29) is 0 Å². The van der Waals surface area contributed by atoms with Crippen LogP contribution in [-0.2, 0) is 0 Å². The Morgan fingerprint density at radius 1 is 1.00 bits per heavy atom. The smallest absolute Gasteiger partial charge is 0.127 e. The highest BCUT2D eigenvalue weighted by atomic mass is 79.9. The minimum absolute atomic E-state index is 0.310.